The number of aromatic nitrogens is 1. The fraction of sp³-hybridized carbons (Fsp3) is 0.296. The summed E-state index contributed by atoms with van der Waals surface area (Å²) in [5.74, 6) is 0. The molecule has 0 fully saturated rings. The Morgan fingerprint density at radius 3 is 2.55 bits per heavy atom. The monoisotopic (exact) mass is 465 g/mol. The molecule has 1 aromatic carbocycles. The van der Waals surface area contributed by atoms with Gasteiger partial charge in [0.05, 0.1) is 21.0 Å². The van der Waals surface area contributed by atoms with Crippen LogP contribution in [0.5, 0.6) is 0 Å². The molecule has 1 aliphatic rings. The summed E-state index contributed by atoms with van der Waals surface area (Å²) in [5.41, 5.74) is 6.16. The quantitative estimate of drug-likeness (QED) is 0.180. The van der Waals surface area contributed by atoms with E-state index >= 15 is 0 Å². The minimum Gasteiger partial charge on any atom is -0.411 e. The van der Waals surface area contributed by atoms with Gasteiger partial charge in [-0.25, -0.2) is 0 Å². The Morgan fingerprint density at radius 2 is 1.94 bits per heavy atom. The topological polar surface area (TPSA) is 74.6 Å². The largest absolute Gasteiger partial charge is 0.411 e. The molecule has 0 aliphatic heterocycles. The van der Waals surface area contributed by atoms with Crippen LogP contribution in [-0.4, -0.2) is 22.2 Å². The standard InChI is InChI=1S/C18H15N3O2S.C4H8.C3H6.C2H6/c22-10-17-18(14-5-6-19-9-16(14)24-17)20-8-11-1-3-13-12(7-11)2-4-15(13)21-23;1-4(2)3;1-3-2;1-2/h1,3,5-7,9-10,20,23H,2,4,8H2;1H2,2-3H3;3H,1H2,2H3;1-2H3/b21-15+;;;. The highest BCUT2D eigenvalue weighted by molar-refractivity contribution is 7.21. The number of rotatable bonds is 4. The molecule has 2 heterocycles. The summed E-state index contributed by atoms with van der Waals surface area (Å²) in [7, 11) is 0. The van der Waals surface area contributed by atoms with Gasteiger partial charge >= 0.3 is 0 Å². The van der Waals surface area contributed by atoms with Gasteiger partial charge in [-0.2, -0.15) is 0 Å². The number of carbonyl (C=O) groups excluding carboxylic acids is 1. The number of thiophene rings is 1. The molecule has 0 amide bonds. The number of nitrogens with one attached hydrogen (secondary N) is 1. The fourth-order valence-electron chi connectivity index (χ4n) is 3.16. The van der Waals surface area contributed by atoms with Gasteiger partial charge in [-0.05, 0) is 50.8 Å². The number of oxime groups is 1. The number of carbonyl (C=O) groups is 1. The average molecular weight is 466 g/mol. The van der Waals surface area contributed by atoms with Gasteiger partial charge in [0.15, 0.2) is 6.29 Å². The van der Waals surface area contributed by atoms with E-state index in [0.29, 0.717) is 11.4 Å². The van der Waals surface area contributed by atoms with Gasteiger partial charge in [-0.3, -0.25) is 9.78 Å². The maximum absolute atomic E-state index is 11.3. The summed E-state index contributed by atoms with van der Waals surface area (Å²) in [6.07, 6.45) is 7.83. The van der Waals surface area contributed by atoms with Crippen molar-refractivity contribution in [2.45, 2.75) is 54.0 Å². The molecule has 176 valence electrons. The first-order valence-electron chi connectivity index (χ1n) is 11.0. The van der Waals surface area contributed by atoms with E-state index in [1.165, 1.54) is 22.5 Å². The van der Waals surface area contributed by atoms with Crippen LogP contribution in [-0.2, 0) is 13.0 Å². The molecule has 0 saturated heterocycles. The Kier molecular flexibility index (Phi) is 12.4. The van der Waals surface area contributed by atoms with Crippen LogP contribution in [0.15, 0.2) is 66.6 Å². The van der Waals surface area contributed by atoms with E-state index in [2.05, 4.69) is 34.7 Å². The minimum absolute atomic E-state index is 0.633. The van der Waals surface area contributed by atoms with Gasteiger partial charge in [0.1, 0.15) is 0 Å². The third kappa shape index (κ3) is 7.99. The van der Waals surface area contributed by atoms with Crippen LogP contribution in [0.1, 0.15) is 67.4 Å². The van der Waals surface area contributed by atoms with Crippen molar-refractivity contribution in [2.24, 2.45) is 5.16 Å². The van der Waals surface area contributed by atoms with E-state index in [4.69, 9.17) is 5.21 Å². The number of allylic oxidation sites excluding steroid dienone is 2. The molecule has 2 N–H and O–H groups in total. The van der Waals surface area contributed by atoms with E-state index in [1.807, 2.05) is 52.8 Å². The highest BCUT2D eigenvalue weighted by atomic mass is 32.1. The van der Waals surface area contributed by atoms with Crippen LogP contribution < -0.4 is 5.32 Å². The second-order valence-electron chi connectivity index (χ2n) is 7.34. The number of benzene rings is 1. The molecule has 0 radical (unpaired) electrons. The van der Waals surface area contributed by atoms with Crippen LogP contribution in [0.2, 0.25) is 0 Å². The van der Waals surface area contributed by atoms with Crippen molar-refractivity contribution in [3.63, 3.8) is 0 Å². The summed E-state index contributed by atoms with van der Waals surface area (Å²) in [5, 5.41) is 16.8. The van der Waals surface area contributed by atoms with Crippen LogP contribution in [0.3, 0.4) is 0 Å². The van der Waals surface area contributed by atoms with E-state index < -0.39 is 0 Å². The van der Waals surface area contributed by atoms with E-state index in [9.17, 15) is 4.79 Å². The first-order valence-corrected chi connectivity index (χ1v) is 11.8. The highest BCUT2D eigenvalue weighted by Crippen LogP contribution is 2.34. The molecule has 0 saturated carbocycles. The third-order valence-electron chi connectivity index (χ3n) is 4.33. The number of fused-ring (bicyclic) bond motifs is 2. The van der Waals surface area contributed by atoms with Crippen LogP contribution in [0, 0.1) is 0 Å². The summed E-state index contributed by atoms with van der Waals surface area (Å²) < 4.78 is 1.000. The van der Waals surface area contributed by atoms with Crippen LogP contribution >= 0.6 is 11.3 Å². The maximum atomic E-state index is 11.3. The number of aryl methyl sites for hydroxylation is 1. The second kappa shape index (κ2) is 14.7. The molecule has 33 heavy (non-hydrogen) atoms. The number of nitrogens with zero attached hydrogens (tertiary/aromatic N) is 2. The highest BCUT2D eigenvalue weighted by Gasteiger charge is 2.18. The Balaban J connectivity index is 0.000000528. The molecule has 0 atom stereocenters. The van der Waals surface area contributed by atoms with E-state index in [-0.39, 0.29) is 0 Å². The molecule has 2 aromatic heterocycles. The second-order valence-corrected chi connectivity index (χ2v) is 8.42. The van der Waals surface area contributed by atoms with Crippen molar-refractivity contribution < 1.29 is 10.0 Å². The van der Waals surface area contributed by atoms with Gasteiger partial charge in [-0.1, -0.05) is 48.9 Å². The van der Waals surface area contributed by atoms with Crippen molar-refractivity contribution in [3.05, 3.63) is 83.0 Å². The molecule has 0 spiro atoms. The zero-order chi connectivity index (χ0) is 24.8. The van der Waals surface area contributed by atoms with Gasteiger partial charge < -0.3 is 10.5 Å². The fourth-order valence-corrected chi connectivity index (χ4v) is 4.13. The Morgan fingerprint density at radius 1 is 1.27 bits per heavy atom. The number of pyridine rings is 1. The lowest BCUT2D eigenvalue weighted by atomic mass is 10.1. The molecule has 3 aromatic rings. The van der Waals surface area contributed by atoms with Crippen LogP contribution in [0.4, 0.5) is 5.69 Å². The summed E-state index contributed by atoms with van der Waals surface area (Å²) in [4.78, 5) is 16.1. The smallest absolute Gasteiger partial charge is 0.162 e. The SMILES string of the molecule is C=C(C)C.C=CC.CC.O=Cc1sc2cnccc2c1NCc1ccc2c(c1)CC/C2=N\O. The molecular weight excluding hydrogens is 430 g/mol. The first-order chi connectivity index (χ1) is 15.9. The van der Waals surface area contributed by atoms with Gasteiger partial charge in [0.25, 0.3) is 0 Å². The third-order valence-corrected chi connectivity index (χ3v) is 5.39. The predicted molar refractivity (Wildman–Crippen MR) is 143 cm³/mol. The Hall–Kier alpha value is -3.25. The Labute approximate surface area is 201 Å². The predicted octanol–water partition coefficient (Wildman–Crippen LogP) is 7.65. The molecule has 0 unspecified atom stereocenters. The summed E-state index contributed by atoms with van der Waals surface area (Å²) in [6, 6.07) is 8.09. The van der Waals surface area contributed by atoms with Crippen molar-refractivity contribution >= 4 is 39.1 Å². The average Bonchev–Trinajstić information content (AvgIpc) is 3.39. The molecule has 0 bridgehead atoms. The van der Waals surface area contributed by atoms with Crippen molar-refractivity contribution in [3.8, 4) is 0 Å². The van der Waals surface area contributed by atoms with Gasteiger partial charge in [-0.15, -0.1) is 24.5 Å². The lowest BCUT2D eigenvalue weighted by molar-refractivity contribution is 0.112. The molecule has 5 nitrogen and oxygen atoms in total. The lowest BCUT2D eigenvalue weighted by Crippen LogP contribution is -2.02. The molecular formula is C27H35N3O2S. The van der Waals surface area contributed by atoms with Gasteiger partial charge in [0, 0.05) is 29.9 Å². The van der Waals surface area contributed by atoms with E-state index in [0.717, 1.165) is 51.7 Å². The molecule has 1 aliphatic carbocycles. The molecule has 4 rings (SSSR count). The number of hydrogen-bond acceptors (Lipinski definition) is 6. The molecule has 6 heteroatoms. The normalized spacial score (nSPS) is 12.2. The van der Waals surface area contributed by atoms with Crippen molar-refractivity contribution in [2.75, 3.05) is 5.32 Å². The minimum atomic E-state index is 0.633. The number of aldehydes is 1. The zero-order valence-corrected chi connectivity index (χ0v) is 21.1. The summed E-state index contributed by atoms with van der Waals surface area (Å²) in [6.45, 7) is 17.4. The van der Waals surface area contributed by atoms with Crippen molar-refractivity contribution in [1.82, 2.24) is 4.98 Å². The lowest BCUT2D eigenvalue weighted by Gasteiger charge is -2.08. The zero-order valence-electron chi connectivity index (χ0n) is 20.3. The van der Waals surface area contributed by atoms with Gasteiger partial charge in [0.2, 0.25) is 0 Å². The first kappa shape index (κ1) is 27.8. The Bertz CT molecular complexity index is 1100. The van der Waals surface area contributed by atoms with Crippen molar-refractivity contribution in [1.29, 1.82) is 0 Å². The number of anilines is 1. The number of hydrogen-bond donors (Lipinski definition) is 2. The van der Waals surface area contributed by atoms with E-state index in [1.54, 1.807) is 18.5 Å². The maximum Gasteiger partial charge on any atom is 0.162 e. The summed E-state index contributed by atoms with van der Waals surface area (Å²) >= 11 is 1.45. The van der Waals surface area contributed by atoms with Crippen LogP contribution in [0.25, 0.3) is 10.1 Å².